The summed E-state index contributed by atoms with van der Waals surface area (Å²) in [5.41, 5.74) is 0. The molecule has 2 aliphatic rings. The van der Waals surface area contributed by atoms with Gasteiger partial charge in [-0.1, -0.05) is 12.2 Å². The van der Waals surface area contributed by atoms with E-state index >= 15 is 0 Å². The zero-order valence-corrected chi connectivity index (χ0v) is 10.4. The normalized spacial score (nSPS) is 21.2. The molecule has 1 aliphatic heterocycles. The van der Waals surface area contributed by atoms with Crippen molar-refractivity contribution < 1.29 is 4.79 Å². The van der Waals surface area contributed by atoms with Gasteiger partial charge in [-0.25, -0.2) is 0 Å². The van der Waals surface area contributed by atoms with Crippen molar-refractivity contribution in [2.45, 2.75) is 45.2 Å². The fraction of sp³-hybridized carbons (Fsp3) is 0.615. The minimum absolute atomic E-state index is 0.113. The third-order valence-electron chi connectivity index (χ3n) is 3.69. The Hall–Kier alpha value is -1.65. The van der Waals surface area contributed by atoms with Gasteiger partial charge in [0.25, 0.3) is 0 Å². The van der Waals surface area contributed by atoms with E-state index in [-0.39, 0.29) is 5.91 Å². The Morgan fingerprint density at radius 2 is 2.44 bits per heavy atom. The first-order valence-corrected chi connectivity index (χ1v) is 6.67. The Morgan fingerprint density at radius 1 is 1.50 bits per heavy atom. The highest BCUT2D eigenvalue weighted by Crippen LogP contribution is 2.20. The van der Waals surface area contributed by atoms with Gasteiger partial charge >= 0.3 is 0 Å². The zero-order chi connectivity index (χ0) is 12.4. The Labute approximate surface area is 106 Å². The van der Waals surface area contributed by atoms with Gasteiger partial charge in [0.2, 0.25) is 5.91 Å². The fourth-order valence-electron chi connectivity index (χ4n) is 2.69. The number of carbonyl (C=O) groups is 1. The zero-order valence-electron chi connectivity index (χ0n) is 10.4. The molecular formula is C13H18N4O. The molecule has 1 N–H and O–H groups in total. The Bertz CT molecular complexity index is 477. The lowest BCUT2D eigenvalue weighted by Gasteiger charge is -2.08. The molecule has 1 aromatic rings. The maximum atomic E-state index is 11.8. The number of hydrogen-bond donors (Lipinski definition) is 1. The third kappa shape index (κ3) is 2.30. The molecule has 2 heterocycles. The van der Waals surface area contributed by atoms with Crippen molar-refractivity contribution >= 4 is 5.91 Å². The summed E-state index contributed by atoms with van der Waals surface area (Å²) in [6.07, 6.45) is 9.26. The van der Waals surface area contributed by atoms with Crippen LogP contribution in [0.3, 0.4) is 0 Å². The van der Waals surface area contributed by atoms with E-state index in [1.165, 1.54) is 0 Å². The van der Waals surface area contributed by atoms with Gasteiger partial charge in [0, 0.05) is 19.4 Å². The number of carbonyl (C=O) groups excluding carboxylic acids is 1. The molecule has 1 amide bonds. The van der Waals surface area contributed by atoms with Crippen LogP contribution in [0.5, 0.6) is 0 Å². The van der Waals surface area contributed by atoms with E-state index in [4.69, 9.17) is 0 Å². The highest BCUT2D eigenvalue weighted by molar-refractivity contribution is 5.76. The summed E-state index contributed by atoms with van der Waals surface area (Å²) in [4.78, 5) is 11.8. The maximum absolute atomic E-state index is 11.8. The van der Waals surface area contributed by atoms with Crippen molar-refractivity contribution in [2.24, 2.45) is 5.92 Å². The topological polar surface area (TPSA) is 59.8 Å². The summed E-state index contributed by atoms with van der Waals surface area (Å²) in [6, 6.07) is 0. The van der Waals surface area contributed by atoms with Crippen molar-refractivity contribution in [1.82, 2.24) is 20.1 Å². The Balaban J connectivity index is 1.51. The lowest BCUT2D eigenvalue weighted by Crippen LogP contribution is -2.26. The molecule has 96 valence electrons. The van der Waals surface area contributed by atoms with Crippen LogP contribution in [0, 0.1) is 5.92 Å². The van der Waals surface area contributed by atoms with Crippen LogP contribution in [-0.4, -0.2) is 20.7 Å². The summed E-state index contributed by atoms with van der Waals surface area (Å²) in [7, 11) is 0. The second-order valence-electron chi connectivity index (χ2n) is 5.03. The van der Waals surface area contributed by atoms with Gasteiger partial charge in [0.05, 0.1) is 6.54 Å². The van der Waals surface area contributed by atoms with Crippen LogP contribution in [-0.2, 0) is 24.3 Å². The van der Waals surface area contributed by atoms with Crippen LogP contribution in [0.4, 0.5) is 0 Å². The van der Waals surface area contributed by atoms with Gasteiger partial charge in [0.1, 0.15) is 5.82 Å². The predicted molar refractivity (Wildman–Crippen MR) is 66.7 cm³/mol. The monoisotopic (exact) mass is 246 g/mol. The molecule has 0 aromatic carbocycles. The van der Waals surface area contributed by atoms with E-state index in [2.05, 4.69) is 32.2 Å². The van der Waals surface area contributed by atoms with Crippen molar-refractivity contribution in [1.29, 1.82) is 0 Å². The minimum atomic E-state index is 0.113. The molecule has 18 heavy (non-hydrogen) atoms. The molecule has 0 saturated carbocycles. The molecule has 5 heteroatoms. The number of aryl methyl sites for hydroxylation is 1. The van der Waals surface area contributed by atoms with E-state index in [9.17, 15) is 4.79 Å². The largest absolute Gasteiger partial charge is 0.349 e. The first-order valence-electron chi connectivity index (χ1n) is 6.67. The van der Waals surface area contributed by atoms with E-state index in [0.717, 1.165) is 43.9 Å². The number of nitrogens with one attached hydrogen (secondary N) is 1. The number of fused-ring (bicyclic) bond motifs is 1. The van der Waals surface area contributed by atoms with Gasteiger partial charge in [-0.05, 0) is 25.2 Å². The molecule has 5 nitrogen and oxygen atoms in total. The van der Waals surface area contributed by atoms with Crippen molar-refractivity contribution in [3.8, 4) is 0 Å². The summed E-state index contributed by atoms with van der Waals surface area (Å²) in [5, 5.41) is 11.2. The SMILES string of the molecule is O=C(C[C@@H]1C=CCC1)NCc1nnc2n1CCC2. The average Bonchev–Trinajstić information content (AvgIpc) is 3.03. The van der Waals surface area contributed by atoms with E-state index < -0.39 is 0 Å². The number of amides is 1. The standard InChI is InChI=1S/C13H18N4O/c18-13(8-10-4-1-2-5-10)14-9-12-16-15-11-6-3-7-17(11)12/h1,4,10H,2-3,5-9H2,(H,14,18)/t10-/m1/s1. The molecule has 1 aliphatic carbocycles. The van der Waals surface area contributed by atoms with Crippen molar-refractivity contribution in [3.63, 3.8) is 0 Å². The van der Waals surface area contributed by atoms with Crippen LogP contribution in [0.15, 0.2) is 12.2 Å². The molecule has 0 spiro atoms. The Kier molecular flexibility index (Phi) is 3.13. The number of hydrogen-bond acceptors (Lipinski definition) is 3. The predicted octanol–water partition coefficient (Wildman–Crippen LogP) is 1.20. The van der Waals surface area contributed by atoms with Crippen LogP contribution in [0.25, 0.3) is 0 Å². The molecule has 1 aromatic heterocycles. The second kappa shape index (κ2) is 4.92. The number of rotatable bonds is 4. The van der Waals surface area contributed by atoms with Crippen LogP contribution in [0.1, 0.15) is 37.3 Å². The molecule has 0 saturated heterocycles. The van der Waals surface area contributed by atoms with Gasteiger partial charge in [-0.15, -0.1) is 10.2 Å². The van der Waals surface area contributed by atoms with Crippen molar-refractivity contribution in [2.75, 3.05) is 0 Å². The fourth-order valence-corrected chi connectivity index (χ4v) is 2.69. The first-order chi connectivity index (χ1) is 8.83. The highest BCUT2D eigenvalue weighted by Gasteiger charge is 2.18. The lowest BCUT2D eigenvalue weighted by atomic mass is 10.1. The summed E-state index contributed by atoms with van der Waals surface area (Å²) in [5.74, 6) is 2.48. The summed E-state index contributed by atoms with van der Waals surface area (Å²) in [6.45, 7) is 1.49. The summed E-state index contributed by atoms with van der Waals surface area (Å²) < 4.78 is 2.12. The lowest BCUT2D eigenvalue weighted by molar-refractivity contribution is -0.121. The quantitative estimate of drug-likeness (QED) is 0.812. The number of aromatic nitrogens is 3. The van der Waals surface area contributed by atoms with Gasteiger partial charge < -0.3 is 9.88 Å². The average molecular weight is 246 g/mol. The molecule has 0 bridgehead atoms. The van der Waals surface area contributed by atoms with E-state index in [0.29, 0.717) is 18.9 Å². The Morgan fingerprint density at radius 3 is 3.28 bits per heavy atom. The highest BCUT2D eigenvalue weighted by atomic mass is 16.1. The van der Waals surface area contributed by atoms with Crippen LogP contribution < -0.4 is 5.32 Å². The van der Waals surface area contributed by atoms with E-state index in [1.54, 1.807) is 0 Å². The van der Waals surface area contributed by atoms with E-state index in [1.807, 2.05) is 0 Å². The number of allylic oxidation sites excluding steroid dienone is 2. The molecule has 0 fully saturated rings. The smallest absolute Gasteiger partial charge is 0.220 e. The molecular weight excluding hydrogens is 228 g/mol. The molecule has 0 unspecified atom stereocenters. The van der Waals surface area contributed by atoms with Gasteiger partial charge in [-0.2, -0.15) is 0 Å². The summed E-state index contributed by atoms with van der Waals surface area (Å²) >= 11 is 0. The van der Waals surface area contributed by atoms with Crippen LogP contribution >= 0.6 is 0 Å². The molecule has 0 radical (unpaired) electrons. The molecule has 1 atom stereocenters. The van der Waals surface area contributed by atoms with Crippen LogP contribution in [0.2, 0.25) is 0 Å². The maximum Gasteiger partial charge on any atom is 0.220 e. The second-order valence-corrected chi connectivity index (χ2v) is 5.03. The molecule has 3 rings (SSSR count). The van der Waals surface area contributed by atoms with Crippen molar-refractivity contribution in [3.05, 3.63) is 23.8 Å². The van der Waals surface area contributed by atoms with Gasteiger partial charge in [-0.3, -0.25) is 4.79 Å². The number of nitrogens with zero attached hydrogens (tertiary/aromatic N) is 3. The third-order valence-corrected chi connectivity index (χ3v) is 3.69. The first kappa shape index (κ1) is 11.4. The minimum Gasteiger partial charge on any atom is -0.349 e. The van der Waals surface area contributed by atoms with Gasteiger partial charge in [0.15, 0.2) is 5.82 Å².